The number of rotatable bonds is 1. The smallest absolute Gasteiger partial charge is 0.280 e. The third-order valence-corrected chi connectivity index (χ3v) is 3.81. The maximum atomic E-state index is 12.5. The molecule has 0 radical (unpaired) electrons. The number of nitrogens with one attached hydrogen (secondary N) is 1. The van der Waals surface area contributed by atoms with Crippen LogP contribution in [-0.4, -0.2) is 22.6 Å². The molecule has 2 heterocycles. The molecule has 2 aromatic rings. The van der Waals surface area contributed by atoms with E-state index < -0.39 is 23.8 Å². The zero-order valence-electron chi connectivity index (χ0n) is 11.3. The molecule has 2 aromatic carbocycles. The summed E-state index contributed by atoms with van der Waals surface area (Å²) in [6.45, 7) is 0. The highest BCUT2D eigenvalue weighted by Crippen LogP contribution is 2.37. The predicted octanol–water partition coefficient (Wildman–Crippen LogP) is 1.45. The molecule has 0 aromatic heterocycles. The average Bonchev–Trinajstić information content (AvgIpc) is 2.80. The molecule has 22 heavy (non-hydrogen) atoms. The first kappa shape index (κ1) is 12.6. The highest BCUT2D eigenvalue weighted by atomic mass is 16.7. The van der Waals surface area contributed by atoms with Gasteiger partial charge in [-0.3, -0.25) is 19.3 Å². The topological polar surface area (TPSA) is 75.7 Å². The summed E-state index contributed by atoms with van der Waals surface area (Å²) in [5, 5.41) is 0. The first-order chi connectivity index (χ1) is 10.7. The van der Waals surface area contributed by atoms with E-state index in [2.05, 4.69) is 5.48 Å². The van der Waals surface area contributed by atoms with Gasteiger partial charge in [0.2, 0.25) is 0 Å². The van der Waals surface area contributed by atoms with Crippen LogP contribution in [-0.2, 0) is 4.79 Å². The molecule has 1 atom stereocenters. The van der Waals surface area contributed by atoms with E-state index in [1.54, 1.807) is 48.5 Å². The van der Waals surface area contributed by atoms with Gasteiger partial charge in [0.1, 0.15) is 0 Å². The molecular weight excluding hydrogens is 284 g/mol. The third-order valence-electron chi connectivity index (χ3n) is 3.81. The Morgan fingerprint density at radius 3 is 2.14 bits per heavy atom. The van der Waals surface area contributed by atoms with Gasteiger partial charge in [-0.05, 0) is 18.2 Å². The lowest BCUT2D eigenvalue weighted by atomic mass is 10.0. The Morgan fingerprint density at radius 2 is 1.45 bits per heavy atom. The molecule has 2 aliphatic heterocycles. The summed E-state index contributed by atoms with van der Waals surface area (Å²) in [6.07, 6.45) is 0. The van der Waals surface area contributed by atoms with Gasteiger partial charge in [-0.2, -0.15) is 5.48 Å². The average molecular weight is 294 g/mol. The molecule has 0 saturated carbocycles. The molecule has 2 aliphatic rings. The Balaban J connectivity index is 1.85. The predicted molar refractivity (Wildman–Crippen MR) is 74.9 cm³/mol. The molecule has 0 bridgehead atoms. The van der Waals surface area contributed by atoms with Crippen LogP contribution in [0.25, 0.3) is 0 Å². The number of fused-ring (bicyclic) bond motifs is 2. The van der Waals surface area contributed by atoms with Gasteiger partial charge in [0, 0.05) is 5.56 Å². The zero-order chi connectivity index (χ0) is 15.3. The fourth-order valence-electron chi connectivity index (χ4n) is 2.80. The molecule has 1 N–H and O–H groups in total. The quantitative estimate of drug-likeness (QED) is 0.808. The molecule has 6 heteroatoms. The van der Waals surface area contributed by atoms with Crippen LogP contribution in [0.3, 0.4) is 0 Å². The van der Waals surface area contributed by atoms with E-state index in [-0.39, 0.29) is 0 Å². The van der Waals surface area contributed by atoms with Crippen LogP contribution in [0.15, 0.2) is 48.5 Å². The van der Waals surface area contributed by atoms with E-state index >= 15 is 0 Å². The van der Waals surface area contributed by atoms with Crippen molar-refractivity contribution in [3.8, 4) is 5.75 Å². The maximum Gasteiger partial charge on any atom is 0.280 e. The minimum absolute atomic E-state index is 0.310. The van der Waals surface area contributed by atoms with Gasteiger partial charge in [0.05, 0.1) is 11.1 Å². The van der Waals surface area contributed by atoms with Crippen LogP contribution in [0.1, 0.15) is 32.3 Å². The summed E-state index contributed by atoms with van der Waals surface area (Å²) in [5.74, 6) is -1.08. The number of hydroxylamine groups is 1. The van der Waals surface area contributed by atoms with E-state index in [0.29, 0.717) is 22.4 Å². The molecule has 108 valence electrons. The van der Waals surface area contributed by atoms with Crippen LogP contribution in [0.5, 0.6) is 5.75 Å². The highest BCUT2D eigenvalue weighted by molar-refractivity contribution is 6.23. The molecule has 6 nitrogen and oxygen atoms in total. The van der Waals surface area contributed by atoms with Gasteiger partial charge in [0.15, 0.2) is 11.8 Å². The lowest BCUT2D eigenvalue weighted by molar-refractivity contribution is -0.133. The number of nitrogens with zero attached hydrogens (tertiary/aromatic N) is 1. The van der Waals surface area contributed by atoms with Crippen molar-refractivity contribution in [2.75, 3.05) is 0 Å². The largest absolute Gasteiger partial charge is 0.379 e. The Kier molecular flexibility index (Phi) is 2.53. The Hall–Kier alpha value is -3.15. The monoisotopic (exact) mass is 294 g/mol. The van der Waals surface area contributed by atoms with Gasteiger partial charge in [-0.25, -0.2) is 0 Å². The molecular formula is C16H10N2O4. The minimum atomic E-state index is -1.03. The fourth-order valence-corrected chi connectivity index (χ4v) is 2.80. The molecule has 4 rings (SSSR count). The van der Waals surface area contributed by atoms with Crippen molar-refractivity contribution in [1.29, 1.82) is 0 Å². The van der Waals surface area contributed by atoms with Crippen LogP contribution in [0.4, 0.5) is 0 Å². The Morgan fingerprint density at radius 1 is 0.864 bits per heavy atom. The Labute approximate surface area is 125 Å². The molecule has 0 spiro atoms. The van der Waals surface area contributed by atoms with Crippen molar-refractivity contribution in [3.63, 3.8) is 0 Å². The number of benzene rings is 2. The first-order valence-electron chi connectivity index (χ1n) is 6.71. The fraction of sp³-hybridized carbons (Fsp3) is 0.0625. The molecule has 1 unspecified atom stereocenters. The van der Waals surface area contributed by atoms with E-state index in [1.807, 2.05) is 0 Å². The second-order valence-electron chi connectivity index (χ2n) is 5.03. The lowest BCUT2D eigenvalue weighted by Crippen LogP contribution is -2.47. The summed E-state index contributed by atoms with van der Waals surface area (Å²) in [5.41, 5.74) is 3.35. The summed E-state index contributed by atoms with van der Waals surface area (Å²) < 4.78 is 0. The van der Waals surface area contributed by atoms with Gasteiger partial charge < -0.3 is 4.84 Å². The second kappa shape index (κ2) is 4.42. The van der Waals surface area contributed by atoms with Crippen molar-refractivity contribution < 1.29 is 19.2 Å². The highest BCUT2D eigenvalue weighted by Gasteiger charge is 2.45. The first-order valence-corrected chi connectivity index (χ1v) is 6.71. The van der Waals surface area contributed by atoms with Crippen LogP contribution < -0.4 is 10.3 Å². The van der Waals surface area contributed by atoms with Crippen LogP contribution in [0.2, 0.25) is 0 Å². The van der Waals surface area contributed by atoms with Crippen molar-refractivity contribution in [2.45, 2.75) is 6.04 Å². The van der Waals surface area contributed by atoms with E-state index in [1.165, 1.54) is 0 Å². The van der Waals surface area contributed by atoms with E-state index in [0.717, 1.165) is 4.90 Å². The summed E-state index contributed by atoms with van der Waals surface area (Å²) in [4.78, 5) is 43.4. The van der Waals surface area contributed by atoms with Crippen LogP contribution in [0, 0.1) is 0 Å². The maximum absolute atomic E-state index is 12.5. The van der Waals surface area contributed by atoms with Gasteiger partial charge in [-0.1, -0.05) is 30.3 Å². The number of para-hydroxylation sites is 1. The SMILES string of the molecule is O=C1NOc2ccccc2C1N1C(=O)c2ccccc2C1=O. The standard InChI is InChI=1S/C16H10N2O4/c19-14-13(11-7-3-4-8-12(11)22-17-14)18-15(20)9-5-1-2-6-10(9)16(18)21/h1-8,13H,(H,17,19). The zero-order valence-corrected chi connectivity index (χ0v) is 11.3. The summed E-state index contributed by atoms with van der Waals surface area (Å²) in [7, 11) is 0. The molecule has 0 aliphatic carbocycles. The number of carbonyl (C=O) groups excluding carboxylic acids is 3. The number of carbonyl (C=O) groups is 3. The van der Waals surface area contributed by atoms with Gasteiger partial charge in [-0.15, -0.1) is 0 Å². The molecule has 0 fully saturated rings. The van der Waals surface area contributed by atoms with Crippen molar-refractivity contribution in [1.82, 2.24) is 10.4 Å². The molecule has 0 saturated heterocycles. The van der Waals surface area contributed by atoms with E-state index in [9.17, 15) is 14.4 Å². The van der Waals surface area contributed by atoms with Crippen molar-refractivity contribution in [3.05, 3.63) is 65.2 Å². The third kappa shape index (κ3) is 1.57. The van der Waals surface area contributed by atoms with Gasteiger partial charge >= 0.3 is 0 Å². The minimum Gasteiger partial charge on any atom is -0.379 e. The number of amides is 3. The van der Waals surface area contributed by atoms with Gasteiger partial charge in [0.25, 0.3) is 17.7 Å². The number of hydrogen-bond donors (Lipinski definition) is 1. The normalized spacial score (nSPS) is 19.4. The lowest BCUT2D eigenvalue weighted by Gasteiger charge is -2.30. The Bertz CT molecular complexity index is 795. The van der Waals surface area contributed by atoms with Crippen LogP contribution >= 0.6 is 0 Å². The van der Waals surface area contributed by atoms with Crippen molar-refractivity contribution >= 4 is 17.7 Å². The van der Waals surface area contributed by atoms with Crippen molar-refractivity contribution in [2.24, 2.45) is 0 Å². The molecule has 3 amide bonds. The second-order valence-corrected chi connectivity index (χ2v) is 5.03. The van der Waals surface area contributed by atoms with E-state index in [4.69, 9.17) is 4.84 Å². The number of imide groups is 1. The number of hydrogen-bond acceptors (Lipinski definition) is 4. The summed E-state index contributed by atoms with van der Waals surface area (Å²) in [6, 6.07) is 12.3. The summed E-state index contributed by atoms with van der Waals surface area (Å²) >= 11 is 0.